The first kappa shape index (κ1) is 19.2. The van der Waals surface area contributed by atoms with Gasteiger partial charge < -0.3 is 14.6 Å². The number of rotatable bonds is 4. The van der Waals surface area contributed by atoms with E-state index in [1.165, 1.54) is 14.0 Å². The van der Waals surface area contributed by atoms with E-state index >= 15 is 0 Å². The van der Waals surface area contributed by atoms with Crippen LogP contribution in [-0.2, 0) is 16.0 Å². The van der Waals surface area contributed by atoms with E-state index < -0.39 is 5.97 Å². The van der Waals surface area contributed by atoms with E-state index in [9.17, 15) is 14.4 Å². The third-order valence-electron chi connectivity index (χ3n) is 5.08. The summed E-state index contributed by atoms with van der Waals surface area (Å²) in [6, 6.07) is 0.183. The Hall–Kier alpha value is -2.11. The van der Waals surface area contributed by atoms with Crippen LogP contribution in [0.4, 0.5) is 0 Å². The maximum atomic E-state index is 12.9. The highest BCUT2D eigenvalue weighted by Crippen LogP contribution is 2.24. The molecule has 0 unspecified atom stereocenters. The number of carbonyl (C=O) groups is 3. The number of hydrogen-bond donors (Lipinski definition) is 1. The molecule has 1 fully saturated rings. The van der Waals surface area contributed by atoms with Crippen molar-refractivity contribution in [2.75, 3.05) is 13.7 Å². The first-order valence-corrected chi connectivity index (χ1v) is 8.86. The van der Waals surface area contributed by atoms with Crippen molar-refractivity contribution in [2.24, 2.45) is 5.92 Å². The Labute approximate surface area is 148 Å². The van der Waals surface area contributed by atoms with Gasteiger partial charge in [0.05, 0.1) is 24.8 Å². The van der Waals surface area contributed by atoms with Crippen molar-refractivity contribution in [3.8, 4) is 0 Å². The molecule has 25 heavy (non-hydrogen) atoms. The van der Waals surface area contributed by atoms with Crippen molar-refractivity contribution in [1.82, 2.24) is 9.88 Å². The van der Waals surface area contributed by atoms with Crippen LogP contribution in [-0.4, -0.2) is 47.2 Å². The van der Waals surface area contributed by atoms with E-state index in [1.54, 1.807) is 6.92 Å². The Morgan fingerprint density at radius 3 is 2.52 bits per heavy atom. The van der Waals surface area contributed by atoms with Gasteiger partial charge in [0.2, 0.25) is 5.91 Å². The maximum absolute atomic E-state index is 12.9. The maximum Gasteiger partial charge on any atom is 0.339 e. The molecule has 0 spiro atoms. The molecule has 1 N–H and O–H groups in total. The zero-order valence-corrected chi connectivity index (χ0v) is 15.8. The second kappa shape index (κ2) is 7.85. The molecule has 2 atom stereocenters. The van der Waals surface area contributed by atoms with Crippen molar-refractivity contribution in [2.45, 2.75) is 59.4 Å². The van der Waals surface area contributed by atoms with Gasteiger partial charge in [-0.2, -0.15) is 0 Å². The number of ketones is 1. The van der Waals surface area contributed by atoms with Gasteiger partial charge in [0.15, 0.2) is 5.78 Å². The minimum Gasteiger partial charge on any atom is -0.465 e. The van der Waals surface area contributed by atoms with Crippen LogP contribution < -0.4 is 0 Å². The van der Waals surface area contributed by atoms with Gasteiger partial charge in [0, 0.05) is 25.2 Å². The van der Waals surface area contributed by atoms with Crippen LogP contribution in [0, 0.1) is 12.8 Å². The van der Waals surface area contributed by atoms with E-state index in [0.717, 1.165) is 25.8 Å². The SMILES string of the molecule is COC(=O)c1c(CC(=O)N2C[C@H](C)CCC[C@@H]2C)[nH]c(C(C)=O)c1C. The summed E-state index contributed by atoms with van der Waals surface area (Å²) in [6.45, 7) is 8.09. The van der Waals surface area contributed by atoms with Crippen LogP contribution in [0.1, 0.15) is 72.1 Å². The molecule has 2 rings (SSSR count). The molecule has 1 aromatic heterocycles. The first-order chi connectivity index (χ1) is 11.8. The molecule has 1 amide bonds. The monoisotopic (exact) mass is 348 g/mol. The van der Waals surface area contributed by atoms with Crippen molar-refractivity contribution in [1.29, 1.82) is 0 Å². The molecule has 0 aromatic carbocycles. The number of nitrogens with zero attached hydrogens (tertiary/aromatic N) is 1. The molecular weight excluding hydrogens is 320 g/mol. The third kappa shape index (κ3) is 4.11. The highest BCUT2D eigenvalue weighted by molar-refractivity contribution is 6.01. The average Bonchev–Trinajstić information content (AvgIpc) is 2.77. The lowest BCUT2D eigenvalue weighted by Gasteiger charge is -2.28. The largest absolute Gasteiger partial charge is 0.465 e. The summed E-state index contributed by atoms with van der Waals surface area (Å²) in [5.74, 6) is -0.255. The fraction of sp³-hybridized carbons (Fsp3) is 0.632. The molecule has 0 radical (unpaired) electrons. The van der Waals surface area contributed by atoms with Crippen molar-refractivity contribution in [3.63, 3.8) is 0 Å². The topological polar surface area (TPSA) is 79.5 Å². The smallest absolute Gasteiger partial charge is 0.339 e. The second-order valence-electron chi connectivity index (χ2n) is 7.13. The number of amides is 1. The third-order valence-corrected chi connectivity index (χ3v) is 5.08. The van der Waals surface area contributed by atoms with Crippen molar-refractivity contribution >= 4 is 17.7 Å². The number of methoxy groups -OCH3 is 1. The predicted octanol–water partition coefficient (Wildman–Crippen LogP) is 2.89. The van der Waals surface area contributed by atoms with E-state index in [4.69, 9.17) is 4.74 Å². The lowest BCUT2D eigenvalue weighted by molar-refractivity contribution is -0.132. The van der Waals surface area contributed by atoms with Crippen molar-refractivity contribution in [3.05, 3.63) is 22.5 Å². The Morgan fingerprint density at radius 2 is 1.92 bits per heavy atom. The molecule has 6 nitrogen and oxygen atoms in total. The summed E-state index contributed by atoms with van der Waals surface area (Å²) in [5, 5.41) is 0. The van der Waals surface area contributed by atoms with Crippen LogP contribution in [0.5, 0.6) is 0 Å². The predicted molar refractivity (Wildman–Crippen MR) is 94.8 cm³/mol. The number of Topliss-reactive ketones (excluding diaryl/α,β-unsaturated/α-hetero) is 1. The fourth-order valence-corrected chi connectivity index (χ4v) is 3.65. The Kier molecular flexibility index (Phi) is 6.03. The number of ether oxygens (including phenoxy) is 1. The standard InChI is InChI=1S/C19H28N2O4/c1-11-7-6-8-12(2)21(10-11)16(23)9-15-17(19(24)25-5)13(3)18(20-15)14(4)22/h11-12,20H,6-10H2,1-5H3/t11-,12+/m1/s1. The minimum atomic E-state index is -0.527. The number of H-pyrrole nitrogens is 1. The molecule has 1 saturated heterocycles. The van der Waals surface area contributed by atoms with E-state index in [-0.39, 0.29) is 24.2 Å². The van der Waals surface area contributed by atoms with Gasteiger partial charge in [0.25, 0.3) is 0 Å². The Balaban J connectivity index is 2.32. The van der Waals surface area contributed by atoms with Gasteiger partial charge in [-0.05, 0) is 38.2 Å². The lowest BCUT2D eigenvalue weighted by atomic mass is 10.1. The van der Waals surface area contributed by atoms with Crippen LogP contribution in [0.2, 0.25) is 0 Å². The lowest BCUT2D eigenvalue weighted by Crippen LogP contribution is -2.41. The van der Waals surface area contributed by atoms with E-state index in [0.29, 0.717) is 28.4 Å². The zero-order valence-electron chi connectivity index (χ0n) is 15.8. The number of nitrogens with one attached hydrogen (secondary N) is 1. The second-order valence-corrected chi connectivity index (χ2v) is 7.13. The zero-order chi connectivity index (χ0) is 18.7. The summed E-state index contributed by atoms with van der Waals surface area (Å²) in [4.78, 5) is 41.7. The fourth-order valence-electron chi connectivity index (χ4n) is 3.65. The van der Waals surface area contributed by atoms with Crippen molar-refractivity contribution < 1.29 is 19.1 Å². The van der Waals surface area contributed by atoms with Crippen LogP contribution in [0.15, 0.2) is 0 Å². The van der Waals surface area contributed by atoms with Gasteiger partial charge in [-0.3, -0.25) is 9.59 Å². The molecule has 6 heteroatoms. The van der Waals surface area contributed by atoms with Crippen LogP contribution >= 0.6 is 0 Å². The van der Waals surface area contributed by atoms with Gasteiger partial charge in [-0.1, -0.05) is 13.3 Å². The van der Waals surface area contributed by atoms with Crippen LogP contribution in [0.3, 0.4) is 0 Å². The summed E-state index contributed by atoms with van der Waals surface area (Å²) < 4.78 is 4.84. The molecule has 0 bridgehead atoms. The number of aromatic amines is 1. The molecular formula is C19H28N2O4. The number of carbonyl (C=O) groups excluding carboxylic acids is 3. The number of aromatic nitrogens is 1. The van der Waals surface area contributed by atoms with Gasteiger partial charge >= 0.3 is 5.97 Å². The molecule has 0 aliphatic carbocycles. The first-order valence-electron chi connectivity index (χ1n) is 8.86. The molecule has 138 valence electrons. The normalized spacial score (nSPS) is 20.9. The summed E-state index contributed by atoms with van der Waals surface area (Å²) in [7, 11) is 1.30. The van der Waals surface area contributed by atoms with E-state index in [2.05, 4.69) is 18.8 Å². The number of likely N-dealkylation sites (tertiary alicyclic amines) is 1. The summed E-state index contributed by atoms with van der Waals surface area (Å²) >= 11 is 0. The average molecular weight is 348 g/mol. The number of hydrogen-bond acceptors (Lipinski definition) is 4. The quantitative estimate of drug-likeness (QED) is 0.670. The van der Waals surface area contributed by atoms with Gasteiger partial charge in [-0.25, -0.2) is 4.79 Å². The highest BCUT2D eigenvalue weighted by Gasteiger charge is 2.29. The van der Waals surface area contributed by atoms with Crippen LogP contribution in [0.25, 0.3) is 0 Å². The minimum absolute atomic E-state index is 0.0252. The highest BCUT2D eigenvalue weighted by atomic mass is 16.5. The molecule has 1 aliphatic rings. The Bertz CT molecular complexity index is 677. The van der Waals surface area contributed by atoms with Gasteiger partial charge in [0.1, 0.15) is 0 Å². The van der Waals surface area contributed by atoms with Gasteiger partial charge in [-0.15, -0.1) is 0 Å². The summed E-state index contributed by atoms with van der Waals surface area (Å²) in [5.41, 5.74) is 1.67. The molecule has 1 aromatic rings. The molecule has 2 heterocycles. The summed E-state index contributed by atoms with van der Waals surface area (Å²) in [6.07, 6.45) is 3.30. The van der Waals surface area contributed by atoms with E-state index in [1.807, 2.05) is 4.90 Å². The molecule has 0 saturated carbocycles. The molecule has 1 aliphatic heterocycles. The Morgan fingerprint density at radius 1 is 1.24 bits per heavy atom. The number of esters is 1.